The Balaban J connectivity index is 2.29. The molecule has 1 aromatic carbocycles. The Morgan fingerprint density at radius 2 is 1.94 bits per heavy atom. The number of oxime groups is 1. The molecule has 3 nitrogen and oxygen atoms in total. The average molecular weight is 231 g/mol. The standard InChI is InChI=1S/C10H8F3NO2/c11-7-1-5(2-8(12)10(7)13)9-3-6(4-15)16-14-9/h1-2,6,15H,3-4H2. The van der Waals surface area contributed by atoms with Gasteiger partial charge in [0.05, 0.1) is 12.3 Å². The van der Waals surface area contributed by atoms with Crippen LogP contribution in [0.15, 0.2) is 17.3 Å². The van der Waals surface area contributed by atoms with Gasteiger partial charge in [-0.2, -0.15) is 0 Å². The average Bonchev–Trinajstić information content (AvgIpc) is 2.73. The van der Waals surface area contributed by atoms with Gasteiger partial charge in [0, 0.05) is 12.0 Å². The van der Waals surface area contributed by atoms with Gasteiger partial charge in [-0.3, -0.25) is 0 Å². The lowest BCUT2D eigenvalue weighted by molar-refractivity contribution is 0.0390. The quantitative estimate of drug-likeness (QED) is 0.785. The summed E-state index contributed by atoms with van der Waals surface area (Å²) in [6.45, 7) is -0.237. The van der Waals surface area contributed by atoms with Crippen LogP contribution in [0, 0.1) is 17.5 Å². The summed E-state index contributed by atoms with van der Waals surface area (Å²) >= 11 is 0. The third-order valence-electron chi connectivity index (χ3n) is 2.25. The number of rotatable bonds is 2. The van der Waals surface area contributed by atoms with Crippen molar-refractivity contribution in [2.75, 3.05) is 6.61 Å². The molecule has 0 bridgehead atoms. The number of hydrogen-bond acceptors (Lipinski definition) is 3. The molecule has 1 aliphatic rings. The van der Waals surface area contributed by atoms with E-state index in [0.29, 0.717) is 0 Å². The van der Waals surface area contributed by atoms with Gasteiger partial charge in [-0.25, -0.2) is 13.2 Å². The molecule has 1 aliphatic heterocycles. The van der Waals surface area contributed by atoms with E-state index in [-0.39, 0.29) is 24.3 Å². The van der Waals surface area contributed by atoms with Gasteiger partial charge in [-0.05, 0) is 12.1 Å². The number of aliphatic hydroxyl groups excluding tert-OH is 1. The van der Waals surface area contributed by atoms with Crippen molar-refractivity contribution in [1.29, 1.82) is 0 Å². The van der Waals surface area contributed by atoms with Crippen LogP contribution in [0.3, 0.4) is 0 Å². The van der Waals surface area contributed by atoms with E-state index in [1.54, 1.807) is 0 Å². The highest BCUT2D eigenvalue weighted by Gasteiger charge is 2.23. The predicted molar refractivity (Wildman–Crippen MR) is 49.4 cm³/mol. The maximum Gasteiger partial charge on any atom is 0.194 e. The van der Waals surface area contributed by atoms with Crippen LogP contribution in [0.2, 0.25) is 0 Å². The fourth-order valence-corrected chi connectivity index (χ4v) is 1.42. The maximum absolute atomic E-state index is 12.9. The second-order valence-corrected chi connectivity index (χ2v) is 3.41. The van der Waals surface area contributed by atoms with Crippen LogP contribution in [0.4, 0.5) is 13.2 Å². The lowest BCUT2D eigenvalue weighted by Gasteiger charge is -2.02. The van der Waals surface area contributed by atoms with Crippen LogP contribution in [0.1, 0.15) is 12.0 Å². The molecular formula is C10H8F3NO2. The van der Waals surface area contributed by atoms with E-state index in [4.69, 9.17) is 9.94 Å². The van der Waals surface area contributed by atoms with Crippen LogP contribution in [0.5, 0.6) is 0 Å². The molecule has 0 saturated carbocycles. The minimum Gasteiger partial charge on any atom is -0.392 e. The van der Waals surface area contributed by atoms with E-state index in [0.717, 1.165) is 12.1 Å². The second-order valence-electron chi connectivity index (χ2n) is 3.41. The third kappa shape index (κ3) is 1.88. The Labute approximate surface area is 89.1 Å². The fraction of sp³-hybridized carbons (Fsp3) is 0.300. The molecule has 1 N–H and O–H groups in total. The summed E-state index contributed by atoms with van der Waals surface area (Å²) < 4.78 is 38.5. The van der Waals surface area contributed by atoms with Gasteiger partial charge < -0.3 is 9.94 Å². The molecule has 6 heteroatoms. The number of halogens is 3. The summed E-state index contributed by atoms with van der Waals surface area (Å²) in [5.74, 6) is -4.06. The molecule has 1 heterocycles. The number of nitrogens with zero attached hydrogens (tertiary/aromatic N) is 1. The highest BCUT2D eigenvalue weighted by molar-refractivity contribution is 6.01. The van der Waals surface area contributed by atoms with Gasteiger partial charge in [-0.15, -0.1) is 0 Å². The van der Waals surface area contributed by atoms with Gasteiger partial charge in [0.25, 0.3) is 0 Å². The minimum atomic E-state index is -1.51. The van der Waals surface area contributed by atoms with Crippen molar-refractivity contribution in [3.63, 3.8) is 0 Å². The first-order chi connectivity index (χ1) is 7.61. The van der Waals surface area contributed by atoms with Crippen molar-refractivity contribution in [2.45, 2.75) is 12.5 Å². The minimum absolute atomic E-state index is 0.118. The SMILES string of the molecule is OCC1CC(c2cc(F)c(F)c(F)c2)=NO1. The molecule has 0 radical (unpaired) electrons. The predicted octanol–water partition coefficient (Wildman–Crippen LogP) is 1.59. The lowest BCUT2D eigenvalue weighted by Crippen LogP contribution is -2.13. The first-order valence-corrected chi connectivity index (χ1v) is 4.60. The molecule has 1 unspecified atom stereocenters. The molecule has 0 aromatic heterocycles. The monoisotopic (exact) mass is 231 g/mol. The Bertz CT molecular complexity index is 425. The summed E-state index contributed by atoms with van der Waals surface area (Å²) in [6.07, 6.45) is -0.271. The molecule has 0 fully saturated rings. The van der Waals surface area contributed by atoms with Gasteiger partial charge >= 0.3 is 0 Å². The van der Waals surface area contributed by atoms with Gasteiger partial charge in [0.15, 0.2) is 23.6 Å². The Kier molecular flexibility index (Phi) is 2.82. The van der Waals surface area contributed by atoms with Crippen LogP contribution >= 0.6 is 0 Å². The molecule has 0 saturated heterocycles. The first-order valence-electron chi connectivity index (χ1n) is 4.60. The zero-order valence-electron chi connectivity index (χ0n) is 8.08. The van der Waals surface area contributed by atoms with E-state index in [2.05, 4.69) is 5.16 Å². The largest absolute Gasteiger partial charge is 0.392 e. The maximum atomic E-state index is 12.9. The highest BCUT2D eigenvalue weighted by atomic mass is 19.2. The van der Waals surface area contributed by atoms with Gasteiger partial charge in [-0.1, -0.05) is 5.16 Å². The van der Waals surface area contributed by atoms with Crippen molar-refractivity contribution in [2.24, 2.45) is 5.16 Å². The van der Waals surface area contributed by atoms with Gasteiger partial charge in [0.2, 0.25) is 0 Å². The van der Waals surface area contributed by atoms with Crippen molar-refractivity contribution < 1.29 is 23.1 Å². The van der Waals surface area contributed by atoms with E-state index < -0.39 is 23.6 Å². The van der Waals surface area contributed by atoms with E-state index >= 15 is 0 Å². The van der Waals surface area contributed by atoms with Gasteiger partial charge in [0.1, 0.15) is 0 Å². The molecule has 2 rings (SSSR count). The molecule has 16 heavy (non-hydrogen) atoms. The van der Waals surface area contributed by atoms with Crippen molar-refractivity contribution in [3.8, 4) is 0 Å². The summed E-state index contributed by atoms with van der Waals surface area (Å²) in [6, 6.07) is 1.70. The normalized spacial score (nSPS) is 19.5. The molecular weight excluding hydrogens is 223 g/mol. The Morgan fingerprint density at radius 1 is 1.31 bits per heavy atom. The van der Waals surface area contributed by atoms with Crippen molar-refractivity contribution in [1.82, 2.24) is 0 Å². The molecule has 0 amide bonds. The summed E-state index contributed by atoms with van der Waals surface area (Å²) in [7, 11) is 0. The molecule has 86 valence electrons. The topological polar surface area (TPSA) is 41.8 Å². The van der Waals surface area contributed by atoms with Crippen LogP contribution < -0.4 is 0 Å². The van der Waals surface area contributed by atoms with Crippen LogP contribution in [0.25, 0.3) is 0 Å². The molecule has 1 aromatic rings. The van der Waals surface area contributed by atoms with E-state index in [9.17, 15) is 13.2 Å². The van der Waals surface area contributed by atoms with Crippen molar-refractivity contribution in [3.05, 3.63) is 35.1 Å². The molecule has 1 atom stereocenters. The number of aliphatic hydroxyl groups is 1. The zero-order chi connectivity index (χ0) is 11.7. The van der Waals surface area contributed by atoms with Crippen LogP contribution in [-0.4, -0.2) is 23.5 Å². The third-order valence-corrected chi connectivity index (χ3v) is 2.25. The smallest absolute Gasteiger partial charge is 0.194 e. The Hall–Kier alpha value is -1.56. The summed E-state index contributed by atoms with van der Waals surface area (Å²) in [5.41, 5.74) is 0.407. The lowest BCUT2D eigenvalue weighted by atomic mass is 10.0. The zero-order valence-corrected chi connectivity index (χ0v) is 8.08. The fourth-order valence-electron chi connectivity index (χ4n) is 1.42. The Morgan fingerprint density at radius 3 is 2.44 bits per heavy atom. The van der Waals surface area contributed by atoms with Crippen LogP contribution in [-0.2, 0) is 4.84 Å². The first kappa shape index (κ1) is 10.9. The highest BCUT2D eigenvalue weighted by Crippen LogP contribution is 2.20. The molecule has 0 aliphatic carbocycles. The second kappa shape index (κ2) is 4.13. The molecule has 0 spiro atoms. The van der Waals surface area contributed by atoms with E-state index in [1.807, 2.05) is 0 Å². The number of benzene rings is 1. The van der Waals surface area contributed by atoms with E-state index in [1.165, 1.54) is 0 Å². The number of hydrogen-bond donors (Lipinski definition) is 1. The summed E-state index contributed by atoms with van der Waals surface area (Å²) in [5, 5.41) is 12.3. The summed E-state index contributed by atoms with van der Waals surface area (Å²) in [4.78, 5) is 4.78. The van der Waals surface area contributed by atoms with Crippen molar-refractivity contribution >= 4 is 5.71 Å².